The fraction of sp³-hybridized carbons (Fsp3) is 0.133. The third-order valence-electron chi connectivity index (χ3n) is 2.81. The molecule has 1 unspecified atom stereocenters. The highest BCUT2D eigenvalue weighted by Gasteiger charge is 2.12. The van der Waals surface area contributed by atoms with Gasteiger partial charge < -0.3 is 15.2 Å². The van der Waals surface area contributed by atoms with Gasteiger partial charge in [-0.3, -0.25) is 0 Å². The molecular weight excluding hydrogens is 276 g/mol. The number of phenolic OH excluding ortho intramolecular Hbond substituents is 1. The van der Waals surface area contributed by atoms with Crippen LogP contribution in [0.1, 0.15) is 11.6 Å². The van der Waals surface area contributed by atoms with Gasteiger partial charge in [0.2, 0.25) is 0 Å². The van der Waals surface area contributed by atoms with Gasteiger partial charge in [-0.1, -0.05) is 23.7 Å². The molecule has 2 aromatic carbocycles. The van der Waals surface area contributed by atoms with Crippen molar-refractivity contribution in [3.05, 3.63) is 53.1 Å². The minimum Gasteiger partial charge on any atom is -0.506 e. The zero-order valence-corrected chi connectivity index (χ0v) is 11.6. The van der Waals surface area contributed by atoms with Crippen LogP contribution in [0.15, 0.2) is 42.5 Å². The van der Waals surface area contributed by atoms with E-state index in [-0.39, 0.29) is 10.8 Å². The second kappa shape index (κ2) is 6.18. The molecule has 2 aromatic rings. The number of nitriles is 1. The summed E-state index contributed by atoms with van der Waals surface area (Å²) < 4.78 is 5.13. The van der Waals surface area contributed by atoms with E-state index in [1.165, 1.54) is 6.07 Å². The number of benzene rings is 2. The number of phenols is 1. The van der Waals surface area contributed by atoms with Gasteiger partial charge in [0.1, 0.15) is 17.5 Å². The summed E-state index contributed by atoms with van der Waals surface area (Å²) in [6.07, 6.45) is 0. The molecule has 0 aliphatic carbocycles. The Morgan fingerprint density at radius 3 is 2.75 bits per heavy atom. The number of methoxy groups -OCH3 is 1. The monoisotopic (exact) mass is 288 g/mol. The number of aromatic hydroxyl groups is 1. The second-order valence-electron chi connectivity index (χ2n) is 4.15. The van der Waals surface area contributed by atoms with E-state index in [2.05, 4.69) is 11.4 Å². The van der Waals surface area contributed by atoms with Crippen LogP contribution in [0, 0.1) is 11.3 Å². The summed E-state index contributed by atoms with van der Waals surface area (Å²) in [7, 11) is 1.58. The van der Waals surface area contributed by atoms with Crippen LogP contribution >= 0.6 is 11.6 Å². The molecular formula is C15H13ClN2O2. The minimum absolute atomic E-state index is 0.00603. The maximum absolute atomic E-state index is 9.40. The van der Waals surface area contributed by atoms with Gasteiger partial charge in [-0.2, -0.15) is 5.26 Å². The van der Waals surface area contributed by atoms with Crippen molar-refractivity contribution in [2.24, 2.45) is 0 Å². The van der Waals surface area contributed by atoms with Crippen LogP contribution in [-0.4, -0.2) is 12.2 Å². The molecule has 0 radical (unpaired) electrons. The number of nitrogens with zero attached hydrogens (tertiary/aromatic N) is 1. The first-order chi connectivity index (χ1) is 9.63. The topological polar surface area (TPSA) is 65.3 Å². The summed E-state index contributed by atoms with van der Waals surface area (Å²) in [5.41, 5.74) is 1.44. The Morgan fingerprint density at radius 2 is 2.10 bits per heavy atom. The molecule has 102 valence electrons. The molecule has 0 aliphatic rings. The SMILES string of the molecule is COc1cccc(NC(C#N)c2ccc(O)c(Cl)c2)c1. The first kappa shape index (κ1) is 14.0. The van der Waals surface area contributed by atoms with E-state index in [1.54, 1.807) is 25.3 Å². The predicted octanol–water partition coefficient (Wildman–Crippen LogP) is 3.73. The molecule has 0 fully saturated rings. The van der Waals surface area contributed by atoms with Crippen molar-refractivity contribution in [1.82, 2.24) is 0 Å². The third-order valence-corrected chi connectivity index (χ3v) is 3.12. The lowest BCUT2D eigenvalue weighted by atomic mass is 10.1. The van der Waals surface area contributed by atoms with Gasteiger partial charge in [0.15, 0.2) is 0 Å². The van der Waals surface area contributed by atoms with Crippen LogP contribution < -0.4 is 10.1 Å². The number of halogens is 1. The average molecular weight is 289 g/mol. The summed E-state index contributed by atoms with van der Waals surface area (Å²) in [5, 5.41) is 22.0. The van der Waals surface area contributed by atoms with Gasteiger partial charge in [0.25, 0.3) is 0 Å². The lowest BCUT2D eigenvalue weighted by Crippen LogP contribution is -2.08. The lowest BCUT2D eigenvalue weighted by Gasteiger charge is -2.14. The van der Waals surface area contributed by atoms with Crippen molar-refractivity contribution < 1.29 is 9.84 Å². The number of rotatable bonds is 4. The largest absolute Gasteiger partial charge is 0.506 e. The Morgan fingerprint density at radius 1 is 1.30 bits per heavy atom. The Hall–Kier alpha value is -2.38. The fourth-order valence-corrected chi connectivity index (χ4v) is 1.96. The first-order valence-electron chi connectivity index (χ1n) is 5.92. The number of hydrogen-bond donors (Lipinski definition) is 2. The van der Waals surface area contributed by atoms with Crippen molar-refractivity contribution in [3.8, 4) is 17.6 Å². The second-order valence-corrected chi connectivity index (χ2v) is 4.56. The summed E-state index contributed by atoms with van der Waals surface area (Å²) in [4.78, 5) is 0. The Balaban J connectivity index is 2.24. The zero-order chi connectivity index (χ0) is 14.5. The van der Waals surface area contributed by atoms with Crippen molar-refractivity contribution in [2.75, 3.05) is 12.4 Å². The molecule has 2 rings (SSSR count). The molecule has 0 aromatic heterocycles. The maximum Gasteiger partial charge on any atom is 0.140 e. The quantitative estimate of drug-likeness (QED) is 0.899. The summed E-state index contributed by atoms with van der Waals surface area (Å²) >= 11 is 5.86. The summed E-state index contributed by atoms with van der Waals surface area (Å²) in [6.45, 7) is 0. The Bertz CT molecular complexity index is 653. The summed E-state index contributed by atoms with van der Waals surface area (Å²) in [6, 6.07) is 13.6. The van der Waals surface area contributed by atoms with E-state index >= 15 is 0 Å². The van der Waals surface area contributed by atoms with E-state index in [0.717, 1.165) is 5.69 Å². The number of hydrogen-bond acceptors (Lipinski definition) is 4. The standard InChI is InChI=1S/C15H13ClN2O2/c1-20-12-4-2-3-11(8-12)18-14(9-17)10-5-6-15(19)13(16)7-10/h2-8,14,18-19H,1H3. The van der Waals surface area contributed by atoms with Crippen molar-refractivity contribution in [2.45, 2.75) is 6.04 Å². The molecule has 0 bridgehead atoms. The average Bonchev–Trinajstić information content (AvgIpc) is 2.48. The van der Waals surface area contributed by atoms with Crippen LogP contribution in [0.5, 0.6) is 11.5 Å². The van der Waals surface area contributed by atoms with Crippen LogP contribution in [0.4, 0.5) is 5.69 Å². The van der Waals surface area contributed by atoms with E-state index in [1.807, 2.05) is 18.2 Å². The van der Waals surface area contributed by atoms with Gasteiger partial charge in [0, 0.05) is 11.8 Å². The maximum atomic E-state index is 9.40. The molecule has 0 spiro atoms. The third kappa shape index (κ3) is 3.14. The Labute approximate surface area is 122 Å². The van der Waals surface area contributed by atoms with Crippen LogP contribution in [0.3, 0.4) is 0 Å². The van der Waals surface area contributed by atoms with E-state index in [4.69, 9.17) is 16.3 Å². The van der Waals surface area contributed by atoms with Gasteiger partial charge in [-0.05, 0) is 29.8 Å². The number of anilines is 1. The molecule has 0 heterocycles. The van der Waals surface area contributed by atoms with Gasteiger partial charge >= 0.3 is 0 Å². The molecule has 0 saturated heterocycles. The molecule has 1 atom stereocenters. The fourth-order valence-electron chi connectivity index (χ4n) is 1.77. The zero-order valence-electron chi connectivity index (χ0n) is 10.8. The minimum atomic E-state index is -0.569. The Kier molecular flexibility index (Phi) is 4.34. The highest BCUT2D eigenvalue weighted by molar-refractivity contribution is 6.32. The van der Waals surface area contributed by atoms with E-state index in [9.17, 15) is 10.4 Å². The first-order valence-corrected chi connectivity index (χ1v) is 6.30. The van der Waals surface area contributed by atoms with Gasteiger partial charge in [-0.25, -0.2) is 0 Å². The number of ether oxygens (including phenoxy) is 1. The highest BCUT2D eigenvalue weighted by Crippen LogP contribution is 2.28. The predicted molar refractivity (Wildman–Crippen MR) is 78.1 cm³/mol. The van der Waals surface area contributed by atoms with Crippen molar-refractivity contribution in [1.29, 1.82) is 5.26 Å². The normalized spacial score (nSPS) is 11.4. The van der Waals surface area contributed by atoms with Crippen molar-refractivity contribution >= 4 is 17.3 Å². The smallest absolute Gasteiger partial charge is 0.140 e. The molecule has 0 amide bonds. The molecule has 0 aliphatic heterocycles. The lowest BCUT2D eigenvalue weighted by molar-refractivity contribution is 0.415. The van der Waals surface area contributed by atoms with Crippen LogP contribution in [-0.2, 0) is 0 Å². The molecule has 2 N–H and O–H groups in total. The molecule has 0 saturated carbocycles. The molecule has 20 heavy (non-hydrogen) atoms. The van der Waals surface area contributed by atoms with Gasteiger partial charge in [0.05, 0.1) is 18.2 Å². The molecule has 5 heteroatoms. The van der Waals surface area contributed by atoms with Crippen LogP contribution in [0.25, 0.3) is 0 Å². The highest BCUT2D eigenvalue weighted by atomic mass is 35.5. The molecule has 4 nitrogen and oxygen atoms in total. The van der Waals surface area contributed by atoms with Crippen LogP contribution in [0.2, 0.25) is 5.02 Å². The summed E-state index contributed by atoms with van der Waals surface area (Å²) in [5.74, 6) is 0.698. The van der Waals surface area contributed by atoms with Crippen molar-refractivity contribution in [3.63, 3.8) is 0 Å². The number of nitrogens with one attached hydrogen (secondary N) is 1. The van der Waals surface area contributed by atoms with Gasteiger partial charge in [-0.15, -0.1) is 0 Å². The van der Waals surface area contributed by atoms with E-state index in [0.29, 0.717) is 11.3 Å². The van der Waals surface area contributed by atoms with E-state index < -0.39 is 6.04 Å².